The number of para-hydroxylation sites is 1. The van der Waals surface area contributed by atoms with Crippen LogP contribution in [0.15, 0.2) is 29.1 Å². The molecular weight excluding hydrogens is 278 g/mol. The van der Waals surface area contributed by atoms with E-state index >= 15 is 0 Å². The third kappa shape index (κ3) is 3.81. The van der Waals surface area contributed by atoms with Gasteiger partial charge in [-0.25, -0.2) is 4.98 Å². The van der Waals surface area contributed by atoms with Crippen LogP contribution in [0.3, 0.4) is 0 Å². The van der Waals surface area contributed by atoms with Crippen molar-refractivity contribution in [1.82, 2.24) is 9.97 Å². The van der Waals surface area contributed by atoms with Crippen molar-refractivity contribution < 1.29 is 4.79 Å². The molecule has 5 heteroatoms. The van der Waals surface area contributed by atoms with E-state index in [4.69, 9.17) is 0 Å². The fraction of sp³-hybridized carbons (Fsp3) is 0.353. The predicted octanol–water partition coefficient (Wildman–Crippen LogP) is 2.52. The van der Waals surface area contributed by atoms with E-state index in [0.29, 0.717) is 23.5 Å². The van der Waals surface area contributed by atoms with Gasteiger partial charge < -0.3 is 10.3 Å². The molecule has 0 radical (unpaired) electrons. The SMILES string of the molecule is CCc1ccccc1NC(=O)CCc1c(C)nc(C)[nH]c1=O. The molecule has 5 nitrogen and oxygen atoms in total. The number of amides is 1. The average molecular weight is 299 g/mol. The van der Waals surface area contributed by atoms with Crippen molar-refractivity contribution in [3.63, 3.8) is 0 Å². The van der Waals surface area contributed by atoms with Crippen molar-refractivity contribution in [1.29, 1.82) is 0 Å². The second kappa shape index (κ2) is 7.02. The first-order valence-corrected chi connectivity index (χ1v) is 7.45. The summed E-state index contributed by atoms with van der Waals surface area (Å²) >= 11 is 0. The Morgan fingerprint density at radius 1 is 1.27 bits per heavy atom. The van der Waals surface area contributed by atoms with E-state index < -0.39 is 0 Å². The Labute approximate surface area is 129 Å². The molecule has 0 saturated carbocycles. The van der Waals surface area contributed by atoms with Gasteiger partial charge in [0.05, 0.1) is 0 Å². The number of hydrogen-bond donors (Lipinski definition) is 2. The number of nitrogens with zero attached hydrogens (tertiary/aromatic N) is 1. The van der Waals surface area contributed by atoms with Crippen LogP contribution in [0, 0.1) is 13.8 Å². The molecule has 22 heavy (non-hydrogen) atoms. The number of aromatic amines is 1. The first-order valence-electron chi connectivity index (χ1n) is 7.45. The van der Waals surface area contributed by atoms with Gasteiger partial charge in [0.15, 0.2) is 0 Å². The normalized spacial score (nSPS) is 10.5. The highest BCUT2D eigenvalue weighted by Gasteiger charge is 2.10. The van der Waals surface area contributed by atoms with Crippen LogP contribution < -0.4 is 10.9 Å². The monoisotopic (exact) mass is 299 g/mol. The summed E-state index contributed by atoms with van der Waals surface area (Å²) in [6.07, 6.45) is 1.50. The predicted molar refractivity (Wildman–Crippen MR) is 87.1 cm³/mol. The lowest BCUT2D eigenvalue weighted by molar-refractivity contribution is -0.116. The summed E-state index contributed by atoms with van der Waals surface area (Å²) in [7, 11) is 0. The maximum Gasteiger partial charge on any atom is 0.254 e. The average Bonchev–Trinajstić information content (AvgIpc) is 2.46. The highest BCUT2D eigenvalue weighted by atomic mass is 16.1. The largest absolute Gasteiger partial charge is 0.326 e. The van der Waals surface area contributed by atoms with E-state index in [9.17, 15) is 9.59 Å². The summed E-state index contributed by atoms with van der Waals surface area (Å²) in [4.78, 5) is 30.9. The van der Waals surface area contributed by atoms with Gasteiger partial charge in [-0.1, -0.05) is 25.1 Å². The van der Waals surface area contributed by atoms with Crippen LogP contribution in [0.1, 0.15) is 36.0 Å². The molecule has 0 aliphatic rings. The van der Waals surface area contributed by atoms with Crippen molar-refractivity contribution in [3.05, 3.63) is 57.3 Å². The minimum absolute atomic E-state index is 0.0970. The molecule has 2 N–H and O–H groups in total. The first-order chi connectivity index (χ1) is 10.5. The van der Waals surface area contributed by atoms with Gasteiger partial charge in [0.25, 0.3) is 5.56 Å². The lowest BCUT2D eigenvalue weighted by Gasteiger charge is -2.10. The Morgan fingerprint density at radius 2 is 2.00 bits per heavy atom. The molecule has 0 fully saturated rings. The maximum absolute atomic E-state index is 12.1. The minimum atomic E-state index is -0.160. The topological polar surface area (TPSA) is 74.8 Å². The molecule has 0 spiro atoms. The number of benzene rings is 1. The van der Waals surface area contributed by atoms with E-state index in [-0.39, 0.29) is 17.9 Å². The Balaban J connectivity index is 2.03. The molecule has 0 aliphatic carbocycles. The molecule has 0 saturated heterocycles. The van der Waals surface area contributed by atoms with E-state index in [2.05, 4.69) is 15.3 Å². The second-order valence-electron chi connectivity index (χ2n) is 5.27. The third-order valence-electron chi connectivity index (χ3n) is 3.62. The van der Waals surface area contributed by atoms with Crippen molar-refractivity contribution in [2.75, 3.05) is 5.32 Å². The molecule has 2 aromatic rings. The number of rotatable bonds is 5. The van der Waals surface area contributed by atoms with Crippen molar-refractivity contribution in [2.24, 2.45) is 0 Å². The molecule has 1 aromatic carbocycles. The number of aryl methyl sites for hydroxylation is 3. The molecule has 116 valence electrons. The number of aromatic nitrogens is 2. The Morgan fingerprint density at radius 3 is 2.68 bits per heavy atom. The standard InChI is InChI=1S/C17H21N3O2/c1-4-13-7-5-6-8-15(13)20-16(21)10-9-14-11(2)18-12(3)19-17(14)22/h5-8H,4,9-10H2,1-3H3,(H,20,21)(H,18,19,22). The zero-order valence-electron chi connectivity index (χ0n) is 13.2. The molecule has 1 aromatic heterocycles. The van der Waals surface area contributed by atoms with Crippen LogP contribution >= 0.6 is 0 Å². The summed E-state index contributed by atoms with van der Waals surface area (Å²) in [5, 5.41) is 2.91. The summed E-state index contributed by atoms with van der Waals surface area (Å²) in [5.74, 6) is 0.493. The Hall–Kier alpha value is -2.43. The van der Waals surface area contributed by atoms with Gasteiger partial charge in [-0.2, -0.15) is 0 Å². The van der Waals surface area contributed by atoms with Gasteiger partial charge in [-0.3, -0.25) is 9.59 Å². The minimum Gasteiger partial charge on any atom is -0.326 e. The number of carbonyl (C=O) groups is 1. The lowest BCUT2D eigenvalue weighted by atomic mass is 10.1. The molecule has 0 aliphatic heterocycles. The van der Waals surface area contributed by atoms with Crippen molar-refractivity contribution in [3.8, 4) is 0 Å². The van der Waals surface area contributed by atoms with Crippen LogP contribution in [-0.4, -0.2) is 15.9 Å². The molecule has 2 rings (SSSR count). The molecular formula is C17H21N3O2. The van der Waals surface area contributed by atoms with Crippen LogP contribution in [0.2, 0.25) is 0 Å². The van der Waals surface area contributed by atoms with Gasteiger partial charge >= 0.3 is 0 Å². The van der Waals surface area contributed by atoms with Crippen molar-refractivity contribution in [2.45, 2.75) is 40.0 Å². The fourth-order valence-corrected chi connectivity index (χ4v) is 2.45. The lowest BCUT2D eigenvalue weighted by Crippen LogP contribution is -2.20. The van der Waals surface area contributed by atoms with Gasteiger partial charge in [0.1, 0.15) is 5.82 Å². The van der Waals surface area contributed by atoms with E-state index in [1.807, 2.05) is 31.2 Å². The number of anilines is 1. The van der Waals surface area contributed by atoms with E-state index in [1.165, 1.54) is 0 Å². The summed E-state index contributed by atoms with van der Waals surface area (Å²) < 4.78 is 0. The number of hydrogen-bond acceptors (Lipinski definition) is 3. The van der Waals surface area contributed by atoms with Crippen molar-refractivity contribution >= 4 is 11.6 Å². The number of H-pyrrole nitrogens is 1. The van der Waals surface area contributed by atoms with Gasteiger partial charge in [-0.05, 0) is 38.3 Å². The van der Waals surface area contributed by atoms with Gasteiger partial charge in [-0.15, -0.1) is 0 Å². The smallest absolute Gasteiger partial charge is 0.254 e. The van der Waals surface area contributed by atoms with Crippen LogP contribution in [0.5, 0.6) is 0 Å². The molecule has 0 atom stereocenters. The van der Waals surface area contributed by atoms with Crippen LogP contribution in [-0.2, 0) is 17.6 Å². The maximum atomic E-state index is 12.1. The second-order valence-corrected chi connectivity index (χ2v) is 5.27. The zero-order chi connectivity index (χ0) is 16.1. The van der Waals surface area contributed by atoms with E-state index in [1.54, 1.807) is 13.8 Å². The summed E-state index contributed by atoms with van der Waals surface area (Å²) in [5.41, 5.74) is 3.03. The Bertz CT molecular complexity index is 735. The quantitative estimate of drug-likeness (QED) is 0.891. The number of nitrogens with one attached hydrogen (secondary N) is 2. The van der Waals surface area contributed by atoms with Gasteiger partial charge in [0.2, 0.25) is 5.91 Å². The zero-order valence-corrected chi connectivity index (χ0v) is 13.2. The third-order valence-corrected chi connectivity index (χ3v) is 3.62. The highest BCUT2D eigenvalue weighted by molar-refractivity contribution is 5.91. The summed E-state index contributed by atoms with van der Waals surface area (Å²) in [6.45, 7) is 5.58. The summed E-state index contributed by atoms with van der Waals surface area (Å²) in [6, 6.07) is 7.74. The molecule has 0 bridgehead atoms. The Kier molecular flexibility index (Phi) is 5.09. The first kappa shape index (κ1) is 15.9. The van der Waals surface area contributed by atoms with Crippen LogP contribution in [0.25, 0.3) is 0 Å². The fourth-order valence-electron chi connectivity index (χ4n) is 2.45. The van der Waals surface area contributed by atoms with Gasteiger partial charge in [0, 0.05) is 23.4 Å². The molecule has 1 amide bonds. The number of carbonyl (C=O) groups excluding carboxylic acids is 1. The van der Waals surface area contributed by atoms with Crippen LogP contribution in [0.4, 0.5) is 5.69 Å². The highest BCUT2D eigenvalue weighted by Crippen LogP contribution is 2.16. The van der Waals surface area contributed by atoms with E-state index in [0.717, 1.165) is 17.7 Å². The molecule has 1 heterocycles. The molecule has 0 unspecified atom stereocenters.